The van der Waals surface area contributed by atoms with E-state index in [4.69, 9.17) is 4.42 Å². The number of anilines is 1. The number of amides is 1. The van der Waals surface area contributed by atoms with E-state index in [9.17, 15) is 14.9 Å². The van der Waals surface area contributed by atoms with E-state index in [1.54, 1.807) is 25.1 Å². The first-order valence-corrected chi connectivity index (χ1v) is 8.12. The van der Waals surface area contributed by atoms with Crippen molar-refractivity contribution in [1.29, 1.82) is 0 Å². The van der Waals surface area contributed by atoms with Crippen LogP contribution in [-0.2, 0) is 0 Å². The van der Waals surface area contributed by atoms with Gasteiger partial charge in [0.2, 0.25) is 0 Å². The molecular weight excluding hydrogens is 334 g/mol. The monoisotopic (exact) mass is 353 g/mol. The predicted octanol–water partition coefficient (Wildman–Crippen LogP) is 3.90. The maximum atomic E-state index is 12.7. The quantitative estimate of drug-likeness (QED) is 0.555. The van der Waals surface area contributed by atoms with Crippen molar-refractivity contribution >= 4 is 28.3 Å². The summed E-state index contributed by atoms with van der Waals surface area (Å²) >= 11 is 0. The molecule has 1 atom stereocenters. The van der Waals surface area contributed by atoms with Crippen LogP contribution in [0.1, 0.15) is 29.1 Å². The molecule has 0 radical (unpaired) electrons. The predicted molar refractivity (Wildman–Crippen MR) is 99.5 cm³/mol. The van der Waals surface area contributed by atoms with Crippen LogP contribution >= 0.6 is 0 Å². The smallest absolute Gasteiger partial charge is 0.270 e. The first kappa shape index (κ1) is 17.5. The number of fused-ring (bicyclic) bond motifs is 1. The number of para-hydroxylation sites is 1. The third kappa shape index (κ3) is 3.37. The van der Waals surface area contributed by atoms with Crippen molar-refractivity contribution in [2.45, 2.75) is 13.0 Å². The van der Waals surface area contributed by atoms with E-state index in [-0.39, 0.29) is 17.3 Å². The van der Waals surface area contributed by atoms with Gasteiger partial charge in [-0.2, -0.15) is 0 Å². The Balaban J connectivity index is 1.88. The van der Waals surface area contributed by atoms with Gasteiger partial charge in [-0.05, 0) is 25.1 Å². The molecule has 7 heteroatoms. The van der Waals surface area contributed by atoms with Crippen molar-refractivity contribution in [3.05, 3.63) is 70.0 Å². The second-order valence-electron chi connectivity index (χ2n) is 6.23. The molecule has 1 heterocycles. The fraction of sp³-hybridized carbons (Fsp3) is 0.211. The van der Waals surface area contributed by atoms with E-state index in [2.05, 4.69) is 5.32 Å². The van der Waals surface area contributed by atoms with Crippen LogP contribution in [0, 0.1) is 10.1 Å². The van der Waals surface area contributed by atoms with Gasteiger partial charge >= 0.3 is 0 Å². The Labute approximate surface area is 150 Å². The number of hydrogen-bond acceptors (Lipinski definition) is 5. The Morgan fingerprint density at radius 3 is 2.58 bits per heavy atom. The van der Waals surface area contributed by atoms with Crippen LogP contribution in [-0.4, -0.2) is 24.9 Å². The molecule has 1 N–H and O–H groups in total. The van der Waals surface area contributed by atoms with Gasteiger partial charge in [-0.25, -0.2) is 0 Å². The number of carbonyl (C=O) groups is 1. The number of hydrogen-bond donors (Lipinski definition) is 1. The van der Waals surface area contributed by atoms with E-state index < -0.39 is 10.8 Å². The van der Waals surface area contributed by atoms with Crippen LogP contribution < -0.4 is 10.2 Å². The standard InChI is InChI=1S/C19H19N3O4/c1-12(18-10-13-6-4-5-7-17(13)26-18)20-19(23)15-11-14(22(24)25)8-9-16(15)21(2)3/h4-12H,1-3H3,(H,20,23). The van der Waals surface area contributed by atoms with Gasteiger partial charge in [-0.3, -0.25) is 14.9 Å². The van der Waals surface area contributed by atoms with Crippen molar-refractivity contribution < 1.29 is 14.1 Å². The lowest BCUT2D eigenvalue weighted by atomic mass is 10.1. The molecule has 0 aliphatic rings. The molecular formula is C19H19N3O4. The van der Waals surface area contributed by atoms with E-state index in [0.29, 0.717) is 11.4 Å². The summed E-state index contributed by atoms with van der Waals surface area (Å²) in [4.78, 5) is 25.0. The highest BCUT2D eigenvalue weighted by Gasteiger charge is 2.21. The normalized spacial score (nSPS) is 12.0. The van der Waals surface area contributed by atoms with Gasteiger partial charge in [0, 0.05) is 37.3 Å². The Morgan fingerprint density at radius 2 is 1.92 bits per heavy atom. The molecule has 7 nitrogen and oxygen atoms in total. The highest BCUT2D eigenvalue weighted by molar-refractivity contribution is 6.00. The summed E-state index contributed by atoms with van der Waals surface area (Å²) in [7, 11) is 3.56. The first-order chi connectivity index (χ1) is 12.4. The molecule has 0 bridgehead atoms. The van der Waals surface area contributed by atoms with Gasteiger partial charge < -0.3 is 14.6 Å². The molecule has 134 valence electrons. The molecule has 0 saturated carbocycles. The number of furan rings is 1. The van der Waals surface area contributed by atoms with Crippen LogP contribution in [0.5, 0.6) is 0 Å². The lowest BCUT2D eigenvalue weighted by Crippen LogP contribution is -2.28. The maximum Gasteiger partial charge on any atom is 0.270 e. The largest absolute Gasteiger partial charge is 0.459 e. The van der Waals surface area contributed by atoms with Crippen LogP contribution in [0.25, 0.3) is 11.0 Å². The van der Waals surface area contributed by atoms with Crippen molar-refractivity contribution in [3.63, 3.8) is 0 Å². The highest BCUT2D eigenvalue weighted by Crippen LogP contribution is 2.27. The van der Waals surface area contributed by atoms with Gasteiger partial charge in [0.15, 0.2) is 0 Å². The summed E-state index contributed by atoms with van der Waals surface area (Å²) in [6.45, 7) is 1.81. The molecule has 1 amide bonds. The lowest BCUT2D eigenvalue weighted by Gasteiger charge is -2.18. The van der Waals surface area contributed by atoms with Crippen molar-refractivity contribution in [1.82, 2.24) is 5.32 Å². The van der Waals surface area contributed by atoms with Crippen molar-refractivity contribution in [2.24, 2.45) is 0 Å². The maximum absolute atomic E-state index is 12.7. The number of nitro groups is 1. The first-order valence-electron chi connectivity index (χ1n) is 8.12. The van der Waals surface area contributed by atoms with Crippen LogP contribution in [0.3, 0.4) is 0 Å². The lowest BCUT2D eigenvalue weighted by molar-refractivity contribution is -0.384. The minimum Gasteiger partial charge on any atom is -0.459 e. The van der Waals surface area contributed by atoms with Gasteiger partial charge in [0.1, 0.15) is 11.3 Å². The Hall–Kier alpha value is -3.35. The highest BCUT2D eigenvalue weighted by atomic mass is 16.6. The summed E-state index contributed by atoms with van der Waals surface area (Å²) in [5.41, 5.74) is 1.46. The molecule has 3 aromatic rings. The summed E-state index contributed by atoms with van der Waals surface area (Å²) in [5.74, 6) is 0.224. The molecule has 0 fully saturated rings. The fourth-order valence-electron chi connectivity index (χ4n) is 2.77. The Morgan fingerprint density at radius 1 is 1.19 bits per heavy atom. The van der Waals surface area contributed by atoms with Gasteiger partial charge in [0.25, 0.3) is 11.6 Å². The zero-order chi connectivity index (χ0) is 18.8. The van der Waals surface area contributed by atoms with E-state index >= 15 is 0 Å². The van der Waals surface area contributed by atoms with Crippen LogP contribution in [0.15, 0.2) is 52.9 Å². The molecule has 1 unspecified atom stereocenters. The Bertz CT molecular complexity index is 945. The minimum atomic E-state index is -0.515. The second kappa shape index (κ2) is 6.87. The number of nitrogens with zero attached hydrogens (tertiary/aromatic N) is 2. The summed E-state index contributed by atoms with van der Waals surface area (Å²) < 4.78 is 5.77. The topological polar surface area (TPSA) is 88.6 Å². The van der Waals surface area contributed by atoms with Crippen molar-refractivity contribution in [2.75, 3.05) is 19.0 Å². The van der Waals surface area contributed by atoms with Crippen LogP contribution in [0.2, 0.25) is 0 Å². The summed E-state index contributed by atoms with van der Waals surface area (Å²) in [6, 6.07) is 13.3. The molecule has 26 heavy (non-hydrogen) atoms. The third-order valence-electron chi connectivity index (χ3n) is 4.14. The average molecular weight is 353 g/mol. The Kier molecular flexibility index (Phi) is 4.62. The van der Waals surface area contributed by atoms with E-state index in [1.807, 2.05) is 37.3 Å². The van der Waals surface area contributed by atoms with E-state index in [1.165, 1.54) is 12.1 Å². The molecule has 0 aliphatic heterocycles. The molecule has 3 rings (SSSR count). The molecule has 0 spiro atoms. The SMILES string of the molecule is CC(NC(=O)c1cc([N+](=O)[O-])ccc1N(C)C)c1cc2ccccc2o1. The fourth-order valence-corrected chi connectivity index (χ4v) is 2.77. The molecule has 0 saturated heterocycles. The molecule has 0 aliphatic carbocycles. The minimum absolute atomic E-state index is 0.128. The number of non-ortho nitro benzene ring substituents is 1. The van der Waals surface area contributed by atoms with Crippen molar-refractivity contribution in [3.8, 4) is 0 Å². The average Bonchev–Trinajstić information content (AvgIpc) is 3.05. The summed E-state index contributed by atoms with van der Waals surface area (Å²) in [5, 5.41) is 14.8. The number of benzene rings is 2. The zero-order valence-corrected chi connectivity index (χ0v) is 14.7. The molecule has 2 aromatic carbocycles. The summed E-state index contributed by atoms with van der Waals surface area (Å²) in [6.07, 6.45) is 0. The second-order valence-corrected chi connectivity index (χ2v) is 6.23. The number of rotatable bonds is 5. The van der Waals surface area contributed by atoms with Gasteiger partial charge in [-0.1, -0.05) is 18.2 Å². The zero-order valence-electron chi connectivity index (χ0n) is 14.7. The van der Waals surface area contributed by atoms with E-state index in [0.717, 1.165) is 11.0 Å². The molecule has 1 aromatic heterocycles. The number of carbonyl (C=O) groups excluding carboxylic acids is 1. The number of nitro benzene ring substituents is 1. The van der Waals surface area contributed by atoms with Crippen LogP contribution in [0.4, 0.5) is 11.4 Å². The van der Waals surface area contributed by atoms with Gasteiger partial charge in [0.05, 0.1) is 16.5 Å². The number of nitrogens with one attached hydrogen (secondary N) is 1. The van der Waals surface area contributed by atoms with Gasteiger partial charge in [-0.15, -0.1) is 0 Å². The third-order valence-corrected chi connectivity index (χ3v) is 4.14.